The lowest BCUT2D eigenvalue weighted by Crippen LogP contribution is -2.19. The van der Waals surface area contributed by atoms with E-state index in [1.165, 1.54) is 32.1 Å². The maximum Gasteiger partial charge on any atom is 0.316 e. The molecule has 5 heteroatoms. The normalized spacial score (nSPS) is 15.3. The molecule has 0 unspecified atom stereocenters. The molecule has 5 nitrogen and oxygen atoms in total. The van der Waals surface area contributed by atoms with Crippen LogP contribution in [-0.4, -0.2) is 11.9 Å². The Hall–Kier alpha value is -2.04. The topological polar surface area (TPSA) is 84.2 Å². The Morgan fingerprint density at radius 3 is 2.18 bits per heavy atom. The standard InChI is InChI=1S/C17H25N3O2/c18-17(22)20-15-11-9-14(10-12-15)19-16(21)8-4-7-13-5-2-1-3-6-13/h9-13H,1-8H2,(H,19,21)(H3,18,20,22). The Balaban J connectivity index is 1.68. The molecule has 0 heterocycles. The molecule has 1 saturated carbocycles. The second kappa shape index (κ2) is 8.41. The van der Waals surface area contributed by atoms with Crippen molar-refractivity contribution in [1.82, 2.24) is 0 Å². The highest BCUT2D eigenvalue weighted by molar-refractivity contribution is 5.91. The number of nitrogens with one attached hydrogen (secondary N) is 2. The number of primary amides is 1. The van der Waals surface area contributed by atoms with Gasteiger partial charge < -0.3 is 16.4 Å². The average Bonchev–Trinajstić information content (AvgIpc) is 2.50. The van der Waals surface area contributed by atoms with E-state index in [0.29, 0.717) is 12.1 Å². The summed E-state index contributed by atoms with van der Waals surface area (Å²) in [5, 5.41) is 5.36. The highest BCUT2D eigenvalue weighted by Crippen LogP contribution is 2.27. The lowest BCUT2D eigenvalue weighted by atomic mass is 9.86. The molecule has 0 aliphatic heterocycles. The SMILES string of the molecule is NC(=O)Nc1ccc(NC(=O)CCCC2CCCCC2)cc1. The number of anilines is 2. The van der Waals surface area contributed by atoms with Gasteiger partial charge in [0, 0.05) is 17.8 Å². The first kappa shape index (κ1) is 16.3. The van der Waals surface area contributed by atoms with Gasteiger partial charge in [-0.2, -0.15) is 0 Å². The van der Waals surface area contributed by atoms with Gasteiger partial charge in [-0.25, -0.2) is 4.79 Å². The molecule has 1 aromatic rings. The number of carbonyl (C=O) groups excluding carboxylic acids is 2. The van der Waals surface area contributed by atoms with E-state index >= 15 is 0 Å². The second-order valence-corrected chi connectivity index (χ2v) is 6.01. The maximum absolute atomic E-state index is 11.9. The minimum absolute atomic E-state index is 0.0476. The smallest absolute Gasteiger partial charge is 0.316 e. The van der Waals surface area contributed by atoms with Crippen LogP contribution in [0, 0.1) is 5.92 Å². The van der Waals surface area contributed by atoms with Crippen molar-refractivity contribution in [2.45, 2.75) is 51.4 Å². The molecule has 1 aliphatic rings. The molecule has 1 aromatic carbocycles. The van der Waals surface area contributed by atoms with Crippen LogP contribution in [0.25, 0.3) is 0 Å². The summed E-state index contributed by atoms with van der Waals surface area (Å²) in [6.07, 6.45) is 9.42. The zero-order valence-corrected chi connectivity index (χ0v) is 12.9. The van der Waals surface area contributed by atoms with Crippen molar-refractivity contribution in [3.63, 3.8) is 0 Å². The Morgan fingerprint density at radius 1 is 1.00 bits per heavy atom. The highest BCUT2D eigenvalue weighted by atomic mass is 16.2. The van der Waals surface area contributed by atoms with E-state index in [-0.39, 0.29) is 5.91 Å². The number of rotatable bonds is 6. The van der Waals surface area contributed by atoms with Gasteiger partial charge in [-0.15, -0.1) is 0 Å². The molecule has 0 atom stereocenters. The van der Waals surface area contributed by atoms with Gasteiger partial charge in [0.2, 0.25) is 5.91 Å². The van der Waals surface area contributed by atoms with Gasteiger partial charge in [-0.3, -0.25) is 4.79 Å². The molecule has 0 saturated heterocycles. The number of benzene rings is 1. The van der Waals surface area contributed by atoms with Crippen molar-refractivity contribution in [3.8, 4) is 0 Å². The van der Waals surface area contributed by atoms with Gasteiger partial charge in [0.1, 0.15) is 0 Å². The minimum Gasteiger partial charge on any atom is -0.351 e. The third-order valence-corrected chi connectivity index (χ3v) is 4.18. The molecule has 2 rings (SSSR count). The van der Waals surface area contributed by atoms with Crippen molar-refractivity contribution in [2.75, 3.05) is 10.6 Å². The second-order valence-electron chi connectivity index (χ2n) is 6.01. The molecule has 3 amide bonds. The predicted molar refractivity (Wildman–Crippen MR) is 88.7 cm³/mol. The third-order valence-electron chi connectivity index (χ3n) is 4.18. The van der Waals surface area contributed by atoms with Gasteiger partial charge in [-0.1, -0.05) is 32.1 Å². The number of urea groups is 1. The van der Waals surface area contributed by atoms with Crippen molar-refractivity contribution in [3.05, 3.63) is 24.3 Å². The van der Waals surface area contributed by atoms with Crippen molar-refractivity contribution in [1.29, 1.82) is 0 Å². The molecule has 0 bridgehead atoms. The molecule has 0 spiro atoms. The van der Waals surface area contributed by atoms with Gasteiger partial charge in [0.25, 0.3) is 0 Å². The Bertz CT molecular complexity index is 493. The van der Waals surface area contributed by atoms with Crippen LogP contribution in [0.15, 0.2) is 24.3 Å². The first-order valence-corrected chi connectivity index (χ1v) is 8.10. The zero-order valence-electron chi connectivity index (χ0n) is 12.9. The van der Waals surface area contributed by atoms with Crippen molar-refractivity contribution in [2.24, 2.45) is 11.7 Å². The Morgan fingerprint density at radius 2 is 1.59 bits per heavy atom. The fourth-order valence-electron chi connectivity index (χ4n) is 3.03. The highest BCUT2D eigenvalue weighted by Gasteiger charge is 2.13. The van der Waals surface area contributed by atoms with Gasteiger partial charge in [0.05, 0.1) is 0 Å². The summed E-state index contributed by atoms with van der Waals surface area (Å²) in [6.45, 7) is 0. The van der Waals surface area contributed by atoms with Crippen LogP contribution in [-0.2, 0) is 4.79 Å². The van der Waals surface area contributed by atoms with Crippen LogP contribution < -0.4 is 16.4 Å². The maximum atomic E-state index is 11.9. The molecule has 1 aliphatic carbocycles. The van der Waals surface area contributed by atoms with Crippen LogP contribution >= 0.6 is 0 Å². The van der Waals surface area contributed by atoms with E-state index in [4.69, 9.17) is 5.73 Å². The third kappa shape index (κ3) is 5.76. The van der Waals surface area contributed by atoms with Gasteiger partial charge in [-0.05, 0) is 43.0 Å². The van der Waals surface area contributed by atoms with Crippen LogP contribution in [0.5, 0.6) is 0 Å². The van der Waals surface area contributed by atoms with Gasteiger partial charge in [0.15, 0.2) is 0 Å². The van der Waals surface area contributed by atoms with E-state index < -0.39 is 6.03 Å². The number of carbonyl (C=O) groups is 2. The average molecular weight is 303 g/mol. The summed E-state index contributed by atoms with van der Waals surface area (Å²) in [5.41, 5.74) is 6.39. The van der Waals surface area contributed by atoms with Crippen LogP contribution in [0.2, 0.25) is 0 Å². The number of amides is 3. The van der Waals surface area contributed by atoms with Crippen LogP contribution in [0.3, 0.4) is 0 Å². The summed E-state index contributed by atoms with van der Waals surface area (Å²) in [6, 6.07) is 6.33. The fourth-order valence-corrected chi connectivity index (χ4v) is 3.03. The molecular weight excluding hydrogens is 278 g/mol. The van der Waals surface area contributed by atoms with E-state index in [9.17, 15) is 9.59 Å². The molecular formula is C17H25N3O2. The fraction of sp³-hybridized carbons (Fsp3) is 0.529. The quantitative estimate of drug-likeness (QED) is 0.745. The summed E-state index contributed by atoms with van der Waals surface area (Å²) >= 11 is 0. The lowest BCUT2D eigenvalue weighted by molar-refractivity contribution is -0.116. The van der Waals surface area contributed by atoms with E-state index in [1.807, 2.05) is 0 Å². The molecule has 4 N–H and O–H groups in total. The Kier molecular flexibility index (Phi) is 6.25. The first-order chi connectivity index (χ1) is 10.6. The number of hydrogen-bond donors (Lipinski definition) is 3. The van der Waals surface area contributed by atoms with E-state index in [0.717, 1.165) is 24.4 Å². The van der Waals surface area contributed by atoms with Gasteiger partial charge >= 0.3 is 6.03 Å². The van der Waals surface area contributed by atoms with Crippen LogP contribution in [0.4, 0.5) is 16.2 Å². The molecule has 1 fully saturated rings. The number of nitrogens with two attached hydrogens (primary N) is 1. The first-order valence-electron chi connectivity index (χ1n) is 8.10. The Labute approximate surface area is 131 Å². The summed E-state index contributed by atoms with van der Waals surface area (Å²) < 4.78 is 0. The molecule has 120 valence electrons. The zero-order chi connectivity index (χ0) is 15.8. The van der Waals surface area contributed by atoms with E-state index in [2.05, 4.69) is 10.6 Å². The van der Waals surface area contributed by atoms with Crippen molar-refractivity contribution < 1.29 is 9.59 Å². The van der Waals surface area contributed by atoms with Crippen LogP contribution in [0.1, 0.15) is 51.4 Å². The molecule has 0 radical (unpaired) electrons. The summed E-state index contributed by atoms with van der Waals surface area (Å²) in [4.78, 5) is 22.6. The van der Waals surface area contributed by atoms with E-state index in [1.54, 1.807) is 24.3 Å². The summed E-state index contributed by atoms with van der Waals surface area (Å²) in [7, 11) is 0. The largest absolute Gasteiger partial charge is 0.351 e. The van der Waals surface area contributed by atoms with Crippen molar-refractivity contribution >= 4 is 23.3 Å². The predicted octanol–water partition coefficient (Wildman–Crippen LogP) is 3.87. The summed E-state index contributed by atoms with van der Waals surface area (Å²) in [5.74, 6) is 0.868. The minimum atomic E-state index is -0.598. The monoisotopic (exact) mass is 303 g/mol. The lowest BCUT2D eigenvalue weighted by Gasteiger charge is -2.21. The number of hydrogen-bond acceptors (Lipinski definition) is 2. The molecule has 22 heavy (non-hydrogen) atoms. The molecule has 0 aromatic heterocycles.